The van der Waals surface area contributed by atoms with Crippen LogP contribution in [0.1, 0.15) is 41.2 Å². The molecule has 2 heterocycles. The molecule has 2 unspecified atom stereocenters. The van der Waals surface area contributed by atoms with Gasteiger partial charge in [-0.05, 0) is 81.3 Å². The SMILES string of the molecule is Cc1c(C)c2c(c(C)c1OC(=O)CSN=O)CCC(C)(COc1ccc(CC3SC(=O)NC3=O)cc1)O2. The van der Waals surface area contributed by atoms with Gasteiger partial charge in [0.1, 0.15) is 35.2 Å². The zero-order valence-corrected chi connectivity index (χ0v) is 22.7. The number of amides is 2. The zero-order valence-electron chi connectivity index (χ0n) is 21.0. The smallest absolute Gasteiger partial charge is 0.323 e. The van der Waals surface area contributed by atoms with Crippen LogP contribution >= 0.6 is 23.7 Å². The van der Waals surface area contributed by atoms with Crippen molar-refractivity contribution in [2.45, 2.75) is 57.8 Å². The molecular formula is C26H28N2O7S2. The number of nitroso groups, excluding NO2 is 1. The molecule has 2 atom stereocenters. The Labute approximate surface area is 223 Å². The monoisotopic (exact) mass is 544 g/mol. The van der Waals surface area contributed by atoms with Gasteiger partial charge in [-0.3, -0.25) is 19.7 Å². The largest absolute Gasteiger partial charge is 0.489 e. The molecule has 0 spiro atoms. The van der Waals surface area contributed by atoms with E-state index < -0.39 is 16.8 Å². The second-order valence-corrected chi connectivity index (χ2v) is 11.3. The van der Waals surface area contributed by atoms with Crippen molar-refractivity contribution in [3.63, 3.8) is 0 Å². The average Bonchev–Trinajstić information content (AvgIpc) is 3.19. The first-order chi connectivity index (χ1) is 17.6. The number of benzene rings is 2. The van der Waals surface area contributed by atoms with Gasteiger partial charge in [-0.25, -0.2) is 0 Å². The van der Waals surface area contributed by atoms with E-state index >= 15 is 0 Å². The molecule has 0 radical (unpaired) electrons. The lowest BCUT2D eigenvalue weighted by atomic mass is 9.87. The van der Waals surface area contributed by atoms with Crippen molar-refractivity contribution in [1.82, 2.24) is 5.32 Å². The van der Waals surface area contributed by atoms with E-state index in [0.717, 1.165) is 51.7 Å². The highest BCUT2D eigenvalue weighted by Crippen LogP contribution is 2.44. The van der Waals surface area contributed by atoms with Crippen LogP contribution in [-0.4, -0.2) is 40.3 Å². The number of imide groups is 1. The van der Waals surface area contributed by atoms with Crippen molar-refractivity contribution in [2.75, 3.05) is 12.4 Å². The minimum Gasteiger partial charge on any atom is -0.489 e. The van der Waals surface area contributed by atoms with Gasteiger partial charge >= 0.3 is 5.97 Å². The normalized spacial score (nSPS) is 20.6. The second-order valence-electron chi connectivity index (χ2n) is 9.41. The maximum atomic E-state index is 12.1. The molecule has 2 amide bonds. The highest BCUT2D eigenvalue weighted by molar-refractivity contribution is 8.15. The molecule has 2 aliphatic heterocycles. The van der Waals surface area contributed by atoms with E-state index in [2.05, 4.69) is 9.90 Å². The van der Waals surface area contributed by atoms with Crippen LogP contribution in [0.3, 0.4) is 0 Å². The number of nitrogens with zero attached hydrogens (tertiary/aromatic N) is 1. The topological polar surface area (TPSA) is 120 Å². The number of thioether (sulfide) groups is 1. The maximum Gasteiger partial charge on any atom is 0.323 e. The molecule has 0 aromatic heterocycles. The summed E-state index contributed by atoms with van der Waals surface area (Å²) >= 11 is 1.64. The van der Waals surface area contributed by atoms with Crippen LogP contribution in [0.2, 0.25) is 0 Å². The number of carbonyl (C=O) groups excluding carboxylic acids is 3. The van der Waals surface area contributed by atoms with Gasteiger partial charge in [-0.2, -0.15) is 0 Å². The van der Waals surface area contributed by atoms with E-state index in [1.807, 2.05) is 52.0 Å². The van der Waals surface area contributed by atoms with Crippen molar-refractivity contribution >= 4 is 40.8 Å². The second kappa shape index (κ2) is 11.1. The van der Waals surface area contributed by atoms with Gasteiger partial charge in [0.15, 0.2) is 0 Å². The molecular weight excluding hydrogens is 516 g/mol. The lowest BCUT2D eigenvalue weighted by Crippen LogP contribution is -2.42. The molecule has 9 nitrogen and oxygen atoms in total. The van der Waals surface area contributed by atoms with Crippen LogP contribution < -0.4 is 19.5 Å². The summed E-state index contributed by atoms with van der Waals surface area (Å²) in [6.07, 6.45) is 1.92. The predicted octanol–water partition coefficient (Wildman–Crippen LogP) is 4.99. The Bertz CT molecular complexity index is 1250. The van der Waals surface area contributed by atoms with Crippen LogP contribution in [-0.2, 0) is 22.4 Å². The number of hydrogen-bond acceptors (Lipinski definition) is 10. The lowest BCUT2D eigenvalue weighted by molar-refractivity contribution is -0.131. The molecule has 0 bridgehead atoms. The first-order valence-electron chi connectivity index (χ1n) is 11.8. The van der Waals surface area contributed by atoms with Gasteiger partial charge in [-0.1, -0.05) is 23.9 Å². The Morgan fingerprint density at radius 1 is 1.19 bits per heavy atom. The molecule has 2 aliphatic rings. The Kier molecular flexibility index (Phi) is 8.13. The molecule has 196 valence electrons. The van der Waals surface area contributed by atoms with Gasteiger partial charge in [0.25, 0.3) is 5.24 Å². The van der Waals surface area contributed by atoms with Crippen LogP contribution in [0.5, 0.6) is 17.2 Å². The van der Waals surface area contributed by atoms with Gasteiger partial charge in [0.2, 0.25) is 5.91 Å². The molecule has 1 fully saturated rings. The van der Waals surface area contributed by atoms with Crippen molar-refractivity contribution in [3.05, 3.63) is 57.0 Å². The van der Waals surface area contributed by atoms with E-state index in [9.17, 15) is 19.3 Å². The van der Waals surface area contributed by atoms with Gasteiger partial charge in [-0.15, -0.1) is 4.91 Å². The minimum atomic E-state index is -0.557. The number of fused-ring (bicyclic) bond motifs is 1. The van der Waals surface area contributed by atoms with Crippen LogP contribution in [0.25, 0.3) is 0 Å². The summed E-state index contributed by atoms with van der Waals surface area (Å²) in [5.41, 5.74) is 3.95. The van der Waals surface area contributed by atoms with Gasteiger partial charge in [0, 0.05) is 22.1 Å². The fourth-order valence-corrected chi connectivity index (χ4v) is 5.53. The number of rotatable bonds is 9. The summed E-state index contributed by atoms with van der Waals surface area (Å²) in [7, 11) is 0. The first kappa shape index (κ1) is 27.0. The third kappa shape index (κ3) is 6.10. The van der Waals surface area contributed by atoms with E-state index in [0.29, 0.717) is 42.9 Å². The predicted molar refractivity (Wildman–Crippen MR) is 142 cm³/mol. The van der Waals surface area contributed by atoms with Crippen LogP contribution in [0.4, 0.5) is 4.79 Å². The van der Waals surface area contributed by atoms with E-state index in [-0.39, 0.29) is 16.9 Å². The summed E-state index contributed by atoms with van der Waals surface area (Å²) in [6.45, 7) is 8.08. The number of esters is 1. The third-order valence-corrected chi connectivity index (χ3v) is 8.12. The van der Waals surface area contributed by atoms with E-state index in [1.54, 1.807) is 0 Å². The quantitative estimate of drug-likeness (QED) is 0.201. The molecule has 11 heteroatoms. The fourth-order valence-electron chi connectivity index (χ4n) is 4.46. The molecule has 37 heavy (non-hydrogen) atoms. The molecule has 2 aromatic rings. The van der Waals surface area contributed by atoms with Crippen molar-refractivity contribution in [1.29, 1.82) is 0 Å². The van der Waals surface area contributed by atoms with Crippen LogP contribution in [0.15, 0.2) is 28.8 Å². The molecule has 1 saturated heterocycles. The molecule has 0 saturated carbocycles. The average molecular weight is 545 g/mol. The Morgan fingerprint density at radius 2 is 1.92 bits per heavy atom. The van der Waals surface area contributed by atoms with Gasteiger partial charge in [0.05, 0.1) is 5.25 Å². The van der Waals surface area contributed by atoms with Crippen molar-refractivity contribution in [2.24, 2.45) is 4.58 Å². The summed E-state index contributed by atoms with van der Waals surface area (Å²) in [4.78, 5) is 45.6. The lowest BCUT2D eigenvalue weighted by Gasteiger charge is -2.37. The Balaban J connectivity index is 1.41. The molecule has 4 rings (SSSR count). The van der Waals surface area contributed by atoms with E-state index in [4.69, 9.17) is 14.2 Å². The van der Waals surface area contributed by atoms with Gasteiger partial charge < -0.3 is 14.2 Å². The molecule has 1 N–H and O–H groups in total. The number of hydrogen-bond donors (Lipinski definition) is 1. The number of nitrogens with one attached hydrogen (secondary N) is 1. The molecule has 0 aliphatic carbocycles. The summed E-state index contributed by atoms with van der Waals surface area (Å²) in [6, 6.07) is 7.50. The Morgan fingerprint density at radius 3 is 2.57 bits per heavy atom. The number of carbonyl (C=O) groups is 3. The minimum absolute atomic E-state index is 0.139. The highest BCUT2D eigenvalue weighted by atomic mass is 32.2. The highest BCUT2D eigenvalue weighted by Gasteiger charge is 2.36. The van der Waals surface area contributed by atoms with E-state index in [1.165, 1.54) is 0 Å². The zero-order chi connectivity index (χ0) is 26.7. The first-order valence-corrected chi connectivity index (χ1v) is 13.6. The standard InChI is InChI=1S/C26H28N2O7S2/c1-14-15(2)23-19(16(3)22(14)34-21(29)12-36-28-32)9-10-26(4,35-23)13-33-18-7-5-17(6-8-18)11-20-24(30)27-25(31)37-20/h5-8,20H,9-13H2,1-4H3,(H,27,30,31). The Hall–Kier alpha value is -3.05. The summed E-state index contributed by atoms with van der Waals surface area (Å²) in [5, 5.41) is 1.60. The van der Waals surface area contributed by atoms with Crippen molar-refractivity contribution < 1.29 is 28.6 Å². The van der Waals surface area contributed by atoms with Crippen molar-refractivity contribution in [3.8, 4) is 17.2 Å². The van der Waals surface area contributed by atoms with Crippen LogP contribution in [0, 0.1) is 25.7 Å². The molecule has 2 aromatic carbocycles. The number of ether oxygens (including phenoxy) is 3. The summed E-state index contributed by atoms with van der Waals surface area (Å²) < 4.78 is 20.8. The summed E-state index contributed by atoms with van der Waals surface area (Å²) in [5.74, 6) is 1.07. The fraction of sp³-hybridized carbons (Fsp3) is 0.423. The maximum absolute atomic E-state index is 12.1. The third-order valence-electron chi connectivity index (χ3n) is 6.67.